The Morgan fingerprint density at radius 3 is 3.00 bits per heavy atom. The lowest BCUT2D eigenvalue weighted by molar-refractivity contribution is 0.517. The Balaban J connectivity index is 1.84. The van der Waals surface area contributed by atoms with Gasteiger partial charge in [0.25, 0.3) is 0 Å². The fourth-order valence-electron chi connectivity index (χ4n) is 2.23. The standard InChI is InChI=1S/C13H21N3O2S/c17-19(18,11-7-12-4-1-2-9-15-12)16-13-5-3-8-14-10-6-13/h1-2,4,9,13-14,16H,3,5-8,10-11H2. The summed E-state index contributed by atoms with van der Waals surface area (Å²) in [5.41, 5.74) is 0.815. The van der Waals surface area contributed by atoms with Crippen LogP contribution in [-0.4, -0.2) is 38.3 Å². The van der Waals surface area contributed by atoms with E-state index in [1.807, 2.05) is 18.2 Å². The van der Waals surface area contributed by atoms with Crippen molar-refractivity contribution in [3.8, 4) is 0 Å². The molecule has 0 aromatic carbocycles. The van der Waals surface area contributed by atoms with Gasteiger partial charge >= 0.3 is 0 Å². The molecule has 2 heterocycles. The van der Waals surface area contributed by atoms with E-state index < -0.39 is 10.0 Å². The van der Waals surface area contributed by atoms with Gasteiger partial charge in [0.1, 0.15) is 0 Å². The summed E-state index contributed by atoms with van der Waals surface area (Å²) in [5.74, 6) is 0.105. The van der Waals surface area contributed by atoms with E-state index in [0.717, 1.165) is 38.0 Å². The zero-order valence-electron chi connectivity index (χ0n) is 11.0. The highest BCUT2D eigenvalue weighted by Crippen LogP contribution is 2.07. The maximum Gasteiger partial charge on any atom is 0.212 e. The van der Waals surface area contributed by atoms with Gasteiger partial charge in [0, 0.05) is 24.4 Å². The van der Waals surface area contributed by atoms with Crippen LogP contribution in [0.5, 0.6) is 0 Å². The number of nitrogens with one attached hydrogen (secondary N) is 2. The number of hydrogen-bond donors (Lipinski definition) is 2. The Bertz CT molecular complexity index is 468. The first-order chi connectivity index (χ1) is 9.16. The number of pyridine rings is 1. The zero-order valence-corrected chi connectivity index (χ0v) is 11.8. The van der Waals surface area contributed by atoms with Crippen molar-refractivity contribution in [2.75, 3.05) is 18.8 Å². The number of aryl methyl sites for hydroxylation is 1. The first-order valence-electron chi connectivity index (χ1n) is 6.76. The van der Waals surface area contributed by atoms with Crippen LogP contribution < -0.4 is 10.0 Å². The predicted molar refractivity (Wildman–Crippen MR) is 75.4 cm³/mol. The fourth-order valence-corrected chi connectivity index (χ4v) is 3.57. The topological polar surface area (TPSA) is 71.1 Å². The molecule has 0 radical (unpaired) electrons. The number of hydrogen-bond acceptors (Lipinski definition) is 4. The van der Waals surface area contributed by atoms with E-state index >= 15 is 0 Å². The summed E-state index contributed by atoms with van der Waals surface area (Å²) in [6.45, 7) is 1.86. The maximum absolute atomic E-state index is 12.0. The second kappa shape index (κ2) is 6.98. The van der Waals surface area contributed by atoms with Crippen LogP contribution in [0.3, 0.4) is 0 Å². The van der Waals surface area contributed by atoms with Crippen molar-refractivity contribution in [2.24, 2.45) is 0 Å². The minimum absolute atomic E-state index is 0.0729. The van der Waals surface area contributed by atoms with Crippen LogP contribution in [0.4, 0.5) is 0 Å². The van der Waals surface area contributed by atoms with Crippen LogP contribution >= 0.6 is 0 Å². The Labute approximate surface area is 114 Å². The van der Waals surface area contributed by atoms with E-state index in [9.17, 15) is 8.42 Å². The second-order valence-electron chi connectivity index (χ2n) is 4.89. The van der Waals surface area contributed by atoms with Crippen LogP contribution in [0.15, 0.2) is 24.4 Å². The number of rotatable bonds is 5. The summed E-state index contributed by atoms with van der Waals surface area (Å²) < 4.78 is 26.9. The van der Waals surface area contributed by atoms with Crippen LogP contribution in [0.1, 0.15) is 25.0 Å². The molecule has 0 saturated carbocycles. The average Bonchev–Trinajstić information content (AvgIpc) is 2.66. The van der Waals surface area contributed by atoms with Gasteiger partial charge in [0.15, 0.2) is 0 Å². The lowest BCUT2D eigenvalue weighted by atomic mass is 10.1. The van der Waals surface area contributed by atoms with Crippen molar-refractivity contribution in [3.05, 3.63) is 30.1 Å². The highest BCUT2D eigenvalue weighted by atomic mass is 32.2. The van der Waals surface area contributed by atoms with Gasteiger partial charge in [-0.15, -0.1) is 0 Å². The van der Waals surface area contributed by atoms with Gasteiger partial charge in [-0.05, 0) is 44.5 Å². The molecule has 0 bridgehead atoms. The normalized spacial score (nSPS) is 20.9. The molecule has 106 valence electrons. The molecule has 1 unspecified atom stereocenters. The van der Waals surface area contributed by atoms with Crippen LogP contribution in [0, 0.1) is 0 Å². The SMILES string of the molecule is O=S(=O)(CCc1ccccn1)NC1CCCNCC1. The molecule has 19 heavy (non-hydrogen) atoms. The molecule has 0 aliphatic carbocycles. The van der Waals surface area contributed by atoms with Gasteiger partial charge in [-0.2, -0.15) is 0 Å². The average molecular weight is 283 g/mol. The van der Waals surface area contributed by atoms with Gasteiger partial charge in [0.05, 0.1) is 5.75 Å². The monoisotopic (exact) mass is 283 g/mol. The van der Waals surface area contributed by atoms with Crippen LogP contribution in [0.25, 0.3) is 0 Å². The van der Waals surface area contributed by atoms with E-state index in [2.05, 4.69) is 15.0 Å². The Kier molecular flexibility index (Phi) is 5.30. The summed E-state index contributed by atoms with van der Waals surface area (Å²) in [6, 6.07) is 5.63. The van der Waals surface area contributed by atoms with Gasteiger partial charge in [-0.25, -0.2) is 13.1 Å². The van der Waals surface area contributed by atoms with Gasteiger partial charge < -0.3 is 5.32 Å². The third-order valence-corrected chi connectivity index (χ3v) is 4.71. The minimum atomic E-state index is -3.21. The van der Waals surface area contributed by atoms with Crippen molar-refractivity contribution < 1.29 is 8.42 Å². The molecule has 2 rings (SSSR count). The molecule has 0 amide bonds. The van der Waals surface area contributed by atoms with Gasteiger partial charge in [-0.1, -0.05) is 6.07 Å². The number of sulfonamides is 1. The van der Waals surface area contributed by atoms with Crippen molar-refractivity contribution in [2.45, 2.75) is 31.7 Å². The molecule has 1 aromatic rings. The molecule has 5 nitrogen and oxygen atoms in total. The summed E-state index contributed by atoms with van der Waals surface area (Å²) >= 11 is 0. The Morgan fingerprint density at radius 1 is 1.32 bits per heavy atom. The first-order valence-corrected chi connectivity index (χ1v) is 8.41. The molecule has 1 aliphatic rings. The van der Waals surface area contributed by atoms with Gasteiger partial charge in [-0.3, -0.25) is 4.98 Å². The van der Waals surface area contributed by atoms with E-state index in [-0.39, 0.29) is 11.8 Å². The number of aromatic nitrogens is 1. The third-order valence-electron chi connectivity index (χ3n) is 3.28. The van der Waals surface area contributed by atoms with E-state index in [0.29, 0.717) is 6.42 Å². The molecule has 1 aromatic heterocycles. The third kappa shape index (κ3) is 5.26. The van der Waals surface area contributed by atoms with E-state index in [1.54, 1.807) is 6.20 Å². The quantitative estimate of drug-likeness (QED) is 0.834. The smallest absolute Gasteiger partial charge is 0.212 e. The summed E-state index contributed by atoms with van der Waals surface area (Å²) in [5, 5.41) is 3.28. The minimum Gasteiger partial charge on any atom is -0.317 e. The molecular formula is C13H21N3O2S. The molecule has 2 N–H and O–H groups in total. The molecule has 1 aliphatic heterocycles. The van der Waals surface area contributed by atoms with E-state index in [4.69, 9.17) is 0 Å². The molecule has 1 saturated heterocycles. The zero-order chi connectivity index (χ0) is 13.6. The van der Waals surface area contributed by atoms with Crippen LogP contribution in [-0.2, 0) is 16.4 Å². The predicted octanol–water partition coefficient (Wildman–Crippen LogP) is 0.686. The maximum atomic E-state index is 12.0. The summed E-state index contributed by atoms with van der Waals surface area (Å²) in [6.07, 6.45) is 4.94. The highest BCUT2D eigenvalue weighted by molar-refractivity contribution is 7.89. The molecule has 0 spiro atoms. The van der Waals surface area contributed by atoms with E-state index in [1.165, 1.54) is 0 Å². The van der Waals surface area contributed by atoms with Gasteiger partial charge in [0.2, 0.25) is 10.0 Å². The number of nitrogens with zero attached hydrogens (tertiary/aromatic N) is 1. The molecular weight excluding hydrogens is 262 g/mol. The fraction of sp³-hybridized carbons (Fsp3) is 0.615. The summed E-state index contributed by atoms with van der Waals surface area (Å²) in [7, 11) is -3.21. The van der Waals surface area contributed by atoms with Crippen molar-refractivity contribution in [1.29, 1.82) is 0 Å². The Morgan fingerprint density at radius 2 is 2.21 bits per heavy atom. The lowest BCUT2D eigenvalue weighted by Gasteiger charge is -2.15. The molecule has 1 fully saturated rings. The highest BCUT2D eigenvalue weighted by Gasteiger charge is 2.19. The molecule has 6 heteroatoms. The van der Waals surface area contributed by atoms with Crippen molar-refractivity contribution >= 4 is 10.0 Å². The molecule has 1 atom stereocenters. The lowest BCUT2D eigenvalue weighted by Crippen LogP contribution is -2.37. The van der Waals surface area contributed by atoms with Crippen molar-refractivity contribution in [1.82, 2.24) is 15.0 Å². The largest absolute Gasteiger partial charge is 0.317 e. The summed E-state index contributed by atoms with van der Waals surface area (Å²) in [4.78, 5) is 4.14. The second-order valence-corrected chi connectivity index (χ2v) is 6.76. The van der Waals surface area contributed by atoms with Crippen molar-refractivity contribution in [3.63, 3.8) is 0 Å². The first kappa shape index (κ1) is 14.4. The van der Waals surface area contributed by atoms with Crippen LogP contribution in [0.2, 0.25) is 0 Å². The Hall–Kier alpha value is -0.980.